The molecule has 0 aliphatic heterocycles. The van der Waals surface area contributed by atoms with E-state index < -0.39 is 14.3 Å². The summed E-state index contributed by atoms with van der Waals surface area (Å²) >= 11 is 4.21. The molecule has 0 aromatic heterocycles. The molecule has 0 spiro atoms. The van der Waals surface area contributed by atoms with E-state index in [1.807, 2.05) is 20.8 Å². The van der Waals surface area contributed by atoms with Crippen LogP contribution in [-0.2, 0) is 22.8 Å². The molecule has 0 amide bonds. The molecule has 0 radical (unpaired) electrons. The van der Waals surface area contributed by atoms with Crippen LogP contribution in [0.15, 0.2) is 0 Å². The molecule has 0 fully saturated rings. The van der Waals surface area contributed by atoms with Crippen molar-refractivity contribution in [3.8, 4) is 0 Å². The third-order valence-electron chi connectivity index (χ3n) is 2.69. The Labute approximate surface area is 129 Å². The molecule has 7 heteroatoms. The summed E-state index contributed by atoms with van der Waals surface area (Å²) in [4.78, 5) is 12.3. The lowest BCUT2D eigenvalue weighted by Gasteiger charge is -2.33. The molecule has 0 aliphatic rings. The van der Waals surface area contributed by atoms with Gasteiger partial charge in [-0.25, -0.2) is 0 Å². The molecule has 120 valence electrons. The van der Waals surface area contributed by atoms with Crippen molar-refractivity contribution in [1.82, 2.24) is 0 Å². The van der Waals surface area contributed by atoms with Gasteiger partial charge < -0.3 is 18.0 Å². The number of rotatable bonds is 12. The molecule has 0 bridgehead atoms. The lowest BCUT2D eigenvalue weighted by atomic mass is 10.2. The Morgan fingerprint density at radius 2 is 1.50 bits per heavy atom. The van der Waals surface area contributed by atoms with Crippen molar-refractivity contribution in [3.05, 3.63) is 0 Å². The number of hydrogen-bond donors (Lipinski definition) is 1. The highest BCUT2D eigenvalue weighted by Gasteiger charge is 2.53. The molecule has 0 heterocycles. The highest BCUT2D eigenvalue weighted by atomic mass is 32.1. The van der Waals surface area contributed by atoms with Gasteiger partial charge in [-0.2, -0.15) is 12.6 Å². The second kappa shape index (κ2) is 11.6. The largest absolute Gasteiger partial charge is 0.515 e. The molecule has 1 unspecified atom stereocenters. The highest BCUT2D eigenvalue weighted by molar-refractivity contribution is 7.80. The van der Waals surface area contributed by atoms with E-state index in [1.54, 1.807) is 6.92 Å². The Morgan fingerprint density at radius 1 is 1.00 bits per heavy atom. The lowest BCUT2D eigenvalue weighted by Crippen LogP contribution is -2.53. The van der Waals surface area contributed by atoms with Gasteiger partial charge in [0.25, 0.3) is 0 Å². The van der Waals surface area contributed by atoms with E-state index >= 15 is 0 Å². The molecule has 0 saturated heterocycles. The monoisotopic (exact) mass is 324 g/mol. The first-order valence-electron chi connectivity index (χ1n) is 7.31. The van der Waals surface area contributed by atoms with Crippen molar-refractivity contribution in [3.63, 3.8) is 0 Å². The van der Waals surface area contributed by atoms with Crippen LogP contribution in [0.1, 0.15) is 40.5 Å². The minimum absolute atomic E-state index is 0.295. The first kappa shape index (κ1) is 19.9. The summed E-state index contributed by atoms with van der Waals surface area (Å²) in [6.45, 7) is 9.10. The summed E-state index contributed by atoms with van der Waals surface area (Å²) < 4.78 is 22.6. The van der Waals surface area contributed by atoms with Gasteiger partial charge in [0.2, 0.25) is 0 Å². The normalized spacial score (nSPS) is 13.2. The van der Waals surface area contributed by atoms with E-state index in [2.05, 4.69) is 12.6 Å². The Balaban J connectivity index is 5.25. The van der Waals surface area contributed by atoms with Gasteiger partial charge in [-0.05, 0) is 46.3 Å². The summed E-state index contributed by atoms with van der Waals surface area (Å²) in [7, 11) is -3.07. The predicted molar refractivity (Wildman–Crippen MR) is 84.1 cm³/mol. The van der Waals surface area contributed by atoms with Crippen LogP contribution < -0.4 is 0 Å². The quantitative estimate of drug-likeness (QED) is 0.340. The van der Waals surface area contributed by atoms with Crippen molar-refractivity contribution in [2.45, 2.75) is 46.1 Å². The zero-order valence-electron chi connectivity index (χ0n) is 13.0. The fourth-order valence-corrected chi connectivity index (χ4v) is 5.18. The zero-order valence-corrected chi connectivity index (χ0v) is 14.9. The van der Waals surface area contributed by atoms with Gasteiger partial charge in [0.05, 0.1) is 6.61 Å². The molecule has 0 aliphatic carbocycles. The fourth-order valence-electron chi connectivity index (χ4n) is 2.01. The molecule has 0 N–H and O–H groups in total. The van der Waals surface area contributed by atoms with E-state index in [0.29, 0.717) is 38.6 Å². The molecule has 0 saturated carbocycles. The zero-order chi connectivity index (χ0) is 15.4. The smallest absolute Gasteiger partial charge is 0.466 e. The molecule has 5 nitrogen and oxygen atoms in total. The van der Waals surface area contributed by atoms with Gasteiger partial charge in [-0.1, -0.05) is 0 Å². The van der Waals surface area contributed by atoms with Crippen molar-refractivity contribution >= 4 is 27.4 Å². The van der Waals surface area contributed by atoms with Gasteiger partial charge in [0.15, 0.2) is 0 Å². The standard InChI is InChI=1S/C13H28O5SSi/c1-5-15-13(14)12(10-9-11-19)20(16-6-2,17-7-3)18-8-4/h12,19H,5-11H2,1-4H3. The van der Waals surface area contributed by atoms with Crippen molar-refractivity contribution in [1.29, 1.82) is 0 Å². The van der Waals surface area contributed by atoms with E-state index in [0.717, 1.165) is 6.42 Å². The second-order valence-electron chi connectivity index (χ2n) is 4.07. The van der Waals surface area contributed by atoms with Crippen molar-refractivity contribution < 1.29 is 22.8 Å². The number of esters is 1. The van der Waals surface area contributed by atoms with Crippen LogP contribution in [0.3, 0.4) is 0 Å². The molecule has 0 aromatic carbocycles. The summed E-state index contributed by atoms with van der Waals surface area (Å²) in [6.07, 6.45) is 1.39. The van der Waals surface area contributed by atoms with Crippen molar-refractivity contribution in [2.75, 3.05) is 32.2 Å². The number of thiol groups is 1. The van der Waals surface area contributed by atoms with Gasteiger partial charge in [-0.15, -0.1) is 0 Å². The van der Waals surface area contributed by atoms with Crippen LogP contribution in [-0.4, -0.2) is 47.0 Å². The van der Waals surface area contributed by atoms with Crippen LogP contribution >= 0.6 is 12.6 Å². The van der Waals surface area contributed by atoms with E-state index in [-0.39, 0.29) is 5.97 Å². The van der Waals surface area contributed by atoms with Gasteiger partial charge in [0, 0.05) is 19.8 Å². The minimum atomic E-state index is -3.07. The maximum Gasteiger partial charge on any atom is 0.515 e. The Hall–Kier alpha value is -0.0831. The van der Waals surface area contributed by atoms with Crippen LogP contribution in [0, 0.1) is 0 Å². The predicted octanol–water partition coefficient (Wildman–Crippen LogP) is 2.68. The summed E-state index contributed by atoms with van der Waals surface area (Å²) in [6, 6.07) is 0. The average molecular weight is 325 g/mol. The van der Waals surface area contributed by atoms with E-state index in [9.17, 15) is 4.79 Å². The number of carbonyl (C=O) groups is 1. The molecular formula is C13H28O5SSi. The number of ether oxygens (including phenoxy) is 1. The van der Waals surface area contributed by atoms with Crippen LogP contribution in [0.5, 0.6) is 0 Å². The third-order valence-corrected chi connectivity index (χ3v) is 6.45. The molecule has 1 atom stereocenters. The van der Waals surface area contributed by atoms with Gasteiger partial charge in [0.1, 0.15) is 5.54 Å². The summed E-state index contributed by atoms with van der Waals surface area (Å²) in [5, 5.41) is 0. The first-order valence-corrected chi connectivity index (χ1v) is 9.74. The molecule has 0 aromatic rings. The van der Waals surface area contributed by atoms with Gasteiger partial charge >= 0.3 is 14.8 Å². The topological polar surface area (TPSA) is 54.0 Å². The highest BCUT2D eigenvalue weighted by Crippen LogP contribution is 2.32. The second-order valence-corrected chi connectivity index (χ2v) is 7.29. The number of hydrogen-bond acceptors (Lipinski definition) is 6. The minimum Gasteiger partial charge on any atom is -0.466 e. The van der Waals surface area contributed by atoms with E-state index in [1.165, 1.54) is 0 Å². The Morgan fingerprint density at radius 3 is 1.85 bits per heavy atom. The van der Waals surface area contributed by atoms with Crippen molar-refractivity contribution in [2.24, 2.45) is 0 Å². The maximum absolute atomic E-state index is 12.3. The third kappa shape index (κ3) is 6.13. The fraction of sp³-hybridized carbons (Fsp3) is 0.923. The number of carbonyl (C=O) groups excluding carboxylic acids is 1. The Kier molecular flexibility index (Phi) is 11.5. The van der Waals surface area contributed by atoms with E-state index in [4.69, 9.17) is 18.0 Å². The summed E-state index contributed by atoms with van der Waals surface area (Å²) in [5.41, 5.74) is -0.477. The molecular weight excluding hydrogens is 296 g/mol. The first-order chi connectivity index (χ1) is 9.61. The average Bonchev–Trinajstić information content (AvgIpc) is 2.40. The maximum atomic E-state index is 12.3. The SMILES string of the molecule is CCOC(=O)C(CCCS)[Si](OCC)(OCC)OCC. The van der Waals surface area contributed by atoms with Gasteiger partial charge in [-0.3, -0.25) is 4.79 Å². The summed E-state index contributed by atoms with van der Waals surface area (Å²) in [5.74, 6) is 0.404. The molecule has 20 heavy (non-hydrogen) atoms. The van der Waals surface area contributed by atoms with Crippen LogP contribution in [0.4, 0.5) is 0 Å². The van der Waals surface area contributed by atoms with Crippen LogP contribution in [0.2, 0.25) is 5.54 Å². The Bertz CT molecular complexity index is 248. The van der Waals surface area contributed by atoms with Crippen LogP contribution in [0.25, 0.3) is 0 Å². The lowest BCUT2D eigenvalue weighted by molar-refractivity contribution is -0.145. The molecule has 0 rings (SSSR count).